The number of para-hydroxylation sites is 7. The largest absolute Gasteiger partial charge is 0.309 e. The lowest BCUT2D eigenvalue weighted by molar-refractivity contribution is 0.592. The molecule has 6 nitrogen and oxygen atoms in total. The van der Waals surface area contributed by atoms with E-state index in [2.05, 4.69) is 382 Å². The fraction of sp³-hybridized carbons (Fsp3) is 0.0417. The van der Waals surface area contributed by atoms with Crippen molar-refractivity contribution >= 4 is 175 Å². The second kappa shape index (κ2) is 21.2. The van der Waals surface area contributed by atoms with Crippen LogP contribution in [0.5, 0.6) is 0 Å². The van der Waals surface area contributed by atoms with Crippen molar-refractivity contribution in [3.8, 4) is 22.5 Å². The fourth-order valence-corrected chi connectivity index (χ4v) is 17.7. The van der Waals surface area contributed by atoms with E-state index in [1.54, 1.807) is 0 Å². The SMILES string of the molecule is CC(C)(C)c1cc2c3cc4c5ccccc5n(-c5ccccc5)c4cc3n3c4cc5c(cc4c(c1)c23)c1ccc(-c2ccc(N(c3ccccc3)c3c4ccccc4cc4c3c3cccc6c7c(N(c8ccccc8)c8ccccc8)c8ccccc8cc7n4c63)cc2)cc1n5-c1ccccc1. The van der Waals surface area contributed by atoms with Gasteiger partial charge in [-0.25, -0.2) is 0 Å². The van der Waals surface area contributed by atoms with E-state index in [4.69, 9.17) is 0 Å². The minimum absolute atomic E-state index is 0.0803. The van der Waals surface area contributed by atoms with Crippen LogP contribution in [0.15, 0.2) is 334 Å². The molecule has 0 radical (unpaired) electrons. The Kier molecular flexibility index (Phi) is 11.8. The molecule has 0 unspecified atom stereocenters. The Morgan fingerprint density at radius 1 is 0.235 bits per heavy atom. The quantitative estimate of drug-likeness (QED) is 0.144. The van der Waals surface area contributed by atoms with Crippen molar-refractivity contribution in [2.45, 2.75) is 26.2 Å². The third-order valence-corrected chi connectivity index (χ3v) is 22.2. The molecule has 0 saturated carbocycles. The summed E-state index contributed by atoms with van der Waals surface area (Å²) >= 11 is 0. The molecule has 0 bridgehead atoms. The van der Waals surface area contributed by atoms with Gasteiger partial charge in [-0.3, -0.25) is 0 Å². The monoisotopic (exact) mass is 1300 g/mol. The van der Waals surface area contributed by atoms with Crippen molar-refractivity contribution in [1.29, 1.82) is 0 Å². The van der Waals surface area contributed by atoms with E-state index in [1.807, 2.05) is 0 Å². The van der Waals surface area contributed by atoms with Gasteiger partial charge >= 0.3 is 0 Å². The molecule has 0 aliphatic heterocycles. The summed E-state index contributed by atoms with van der Waals surface area (Å²) in [5, 5.41) is 19.7. The molecule has 6 heteroatoms. The molecule has 0 spiro atoms. The van der Waals surface area contributed by atoms with Crippen molar-refractivity contribution in [3.63, 3.8) is 0 Å². The third-order valence-electron chi connectivity index (χ3n) is 22.2. The fourth-order valence-electron chi connectivity index (χ4n) is 17.7. The Hall–Kier alpha value is -13.2. The second-order valence-corrected chi connectivity index (χ2v) is 28.8. The van der Waals surface area contributed by atoms with Crippen LogP contribution in [0.1, 0.15) is 26.3 Å². The first-order valence-electron chi connectivity index (χ1n) is 35.5. The molecule has 0 fully saturated rings. The lowest BCUT2D eigenvalue weighted by Gasteiger charge is -2.28. The van der Waals surface area contributed by atoms with Crippen molar-refractivity contribution in [2.75, 3.05) is 9.80 Å². The average Bonchev–Trinajstić information content (AvgIpc) is 1.46. The van der Waals surface area contributed by atoms with Crippen molar-refractivity contribution in [2.24, 2.45) is 0 Å². The molecule has 478 valence electrons. The summed E-state index contributed by atoms with van der Waals surface area (Å²) in [6, 6.07) is 125. The van der Waals surface area contributed by atoms with Gasteiger partial charge in [0.2, 0.25) is 0 Å². The molecule has 6 heterocycles. The summed E-state index contributed by atoms with van der Waals surface area (Å²) in [6.07, 6.45) is 0. The molecule has 6 aromatic heterocycles. The molecule has 22 aromatic rings. The number of hydrogen-bond acceptors (Lipinski definition) is 2. The maximum Gasteiger partial charge on any atom is 0.0640 e. The predicted molar refractivity (Wildman–Crippen MR) is 433 cm³/mol. The zero-order valence-corrected chi connectivity index (χ0v) is 56.4. The van der Waals surface area contributed by atoms with E-state index in [0.29, 0.717) is 0 Å². The van der Waals surface area contributed by atoms with Gasteiger partial charge in [0, 0.05) is 110 Å². The molecule has 0 aliphatic carbocycles. The number of fused-ring (bicyclic) bond motifs is 20. The molecule has 0 aliphatic rings. The summed E-state index contributed by atoms with van der Waals surface area (Å²) in [5.41, 5.74) is 24.5. The van der Waals surface area contributed by atoms with E-state index in [-0.39, 0.29) is 5.41 Å². The Morgan fingerprint density at radius 2 is 0.608 bits per heavy atom. The molecular weight excluding hydrogens is 1240 g/mol. The van der Waals surface area contributed by atoms with Crippen LogP contribution in [0.25, 0.3) is 164 Å². The van der Waals surface area contributed by atoms with Gasteiger partial charge in [-0.05, 0) is 166 Å². The van der Waals surface area contributed by atoms with Gasteiger partial charge in [0.15, 0.2) is 0 Å². The predicted octanol–water partition coefficient (Wildman–Crippen LogP) is 26.4. The third kappa shape index (κ3) is 8.00. The van der Waals surface area contributed by atoms with Crippen LogP contribution < -0.4 is 9.80 Å². The molecule has 0 atom stereocenters. The highest BCUT2D eigenvalue weighted by Crippen LogP contribution is 2.54. The molecule has 0 amide bonds. The van der Waals surface area contributed by atoms with Crippen LogP contribution in [-0.2, 0) is 5.41 Å². The number of benzene rings is 16. The highest BCUT2D eigenvalue weighted by Gasteiger charge is 2.31. The van der Waals surface area contributed by atoms with Crippen molar-refractivity contribution in [3.05, 3.63) is 339 Å². The zero-order chi connectivity index (χ0) is 67.2. The van der Waals surface area contributed by atoms with Gasteiger partial charge in [-0.2, -0.15) is 0 Å². The molecule has 0 N–H and O–H groups in total. The van der Waals surface area contributed by atoms with Gasteiger partial charge in [0.05, 0.1) is 66.5 Å². The first-order chi connectivity index (χ1) is 50.3. The number of rotatable bonds is 9. The zero-order valence-electron chi connectivity index (χ0n) is 56.4. The number of aromatic nitrogens is 4. The highest BCUT2D eigenvalue weighted by atomic mass is 15.2. The van der Waals surface area contributed by atoms with Crippen LogP contribution in [0.2, 0.25) is 0 Å². The minimum atomic E-state index is -0.0803. The number of anilines is 6. The van der Waals surface area contributed by atoms with Crippen LogP contribution in [-0.4, -0.2) is 17.9 Å². The highest BCUT2D eigenvalue weighted by molar-refractivity contribution is 6.34. The van der Waals surface area contributed by atoms with Crippen LogP contribution in [0.4, 0.5) is 34.1 Å². The van der Waals surface area contributed by atoms with Gasteiger partial charge in [-0.15, -0.1) is 0 Å². The summed E-state index contributed by atoms with van der Waals surface area (Å²) in [5.74, 6) is 0. The van der Waals surface area contributed by atoms with Crippen LogP contribution in [0, 0.1) is 0 Å². The van der Waals surface area contributed by atoms with Gasteiger partial charge in [0.25, 0.3) is 0 Å². The first-order valence-corrected chi connectivity index (χ1v) is 35.5. The van der Waals surface area contributed by atoms with E-state index < -0.39 is 0 Å². The van der Waals surface area contributed by atoms with Gasteiger partial charge in [-0.1, -0.05) is 221 Å². The Balaban J connectivity index is 0.741. The average molecular weight is 1300 g/mol. The topological polar surface area (TPSA) is 25.2 Å². The molecule has 102 heavy (non-hydrogen) atoms. The van der Waals surface area contributed by atoms with E-state index in [9.17, 15) is 0 Å². The normalized spacial score (nSPS) is 12.5. The molecule has 0 saturated heterocycles. The van der Waals surface area contributed by atoms with E-state index in [1.165, 1.54) is 147 Å². The van der Waals surface area contributed by atoms with Crippen molar-refractivity contribution in [1.82, 2.24) is 17.9 Å². The Morgan fingerprint density at radius 3 is 1.11 bits per heavy atom. The summed E-state index contributed by atoms with van der Waals surface area (Å²) in [7, 11) is 0. The lowest BCUT2D eigenvalue weighted by Crippen LogP contribution is -2.11. The molecular formula is C96H64N6. The molecule has 22 rings (SSSR count). The minimum Gasteiger partial charge on any atom is -0.309 e. The standard InChI is InChI=1S/C96H64N6/c1-96(2,3)63-53-80-78-55-76-72-40-23-24-43-82(72)99(67-34-15-7-16-35-67)84(76)57-86(78)101-87-58-85-77(56-79(87)81(54-63)93(80)101)73-49-46-60(50-83(73)100(85)68-36-17-8-18-37-68)59-44-47-69(48-45-59)98(66-32-13-6-14-33-66)95-71-39-22-20-27-62(71)52-89-91(95)75-42-25-41-74-90-88(102(89)92(74)75)51-61-26-19-21-38-70(61)94(90)97(64-28-9-4-10-29-64)65-30-11-5-12-31-65/h4-58H,1-3H3. The smallest absolute Gasteiger partial charge is 0.0640 e. The van der Waals surface area contributed by atoms with Crippen LogP contribution in [0.3, 0.4) is 0 Å². The number of hydrogen-bond donors (Lipinski definition) is 0. The van der Waals surface area contributed by atoms with Crippen molar-refractivity contribution < 1.29 is 0 Å². The summed E-state index contributed by atoms with van der Waals surface area (Å²) in [6.45, 7) is 7.05. The second-order valence-electron chi connectivity index (χ2n) is 28.8. The van der Waals surface area contributed by atoms with E-state index >= 15 is 0 Å². The lowest BCUT2D eigenvalue weighted by atomic mass is 9.85. The Labute approximate surface area is 587 Å². The Bertz CT molecular complexity index is 7140. The first kappa shape index (κ1) is 56.8. The maximum absolute atomic E-state index is 2.59. The molecule has 16 aromatic carbocycles. The maximum atomic E-state index is 2.59. The number of nitrogens with zero attached hydrogens (tertiary/aromatic N) is 6. The summed E-state index contributed by atoms with van der Waals surface area (Å²) < 4.78 is 10.1. The van der Waals surface area contributed by atoms with Gasteiger partial charge in [0.1, 0.15) is 0 Å². The van der Waals surface area contributed by atoms with Gasteiger partial charge < -0.3 is 27.7 Å². The van der Waals surface area contributed by atoms with Crippen LogP contribution >= 0.6 is 0 Å². The summed E-state index contributed by atoms with van der Waals surface area (Å²) in [4.78, 5) is 4.98. The van der Waals surface area contributed by atoms with E-state index in [0.717, 1.165) is 56.5 Å².